The number of hydrogen-bond donors (Lipinski definition) is 2. The van der Waals surface area contributed by atoms with Gasteiger partial charge in [0, 0.05) is 49.3 Å². The van der Waals surface area contributed by atoms with E-state index in [0.717, 1.165) is 59.8 Å². The molecule has 6 rings (SSSR count). The van der Waals surface area contributed by atoms with Crippen LogP contribution < -0.4 is 20.7 Å². The van der Waals surface area contributed by atoms with E-state index in [2.05, 4.69) is 25.2 Å². The minimum Gasteiger partial charge on any atom is -0.421 e. The maximum absolute atomic E-state index is 14.4. The molecule has 2 aliphatic carbocycles. The number of anilines is 2. The van der Waals surface area contributed by atoms with Crippen molar-refractivity contribution in [2.45, 2.75) is 32.2 Å². The Balaban J connectivity index is 1.43. The molecule has 3 aliphatic rings. The fraction of sp³-hybridized carbons (Fsp3) is 0.391. The zero-order valence-corrected chi connectivity index (χ0v) is 18.0. The van der Waals surface area contributed by atoms with E-state index < -0.39 is 0 Å². The first-order valence-electron chi connectivity index (χ1n) is 10.8. The largest absolute Gasteiger partial charge is 0.421 e. The van der Waals surface area contributed by atoms with E-state index >= 15 is 0 Å². The van der Waals surface area contributed by atoms with Crippen molar-refractivity contribution in [2.75, 3.05) is 30.4 Å². The minimum absolute atomic E-state index is 0.170. The number of halogens is 1. The van der Waals surface area contributed by atoms with Crippen LogP contribution in [0.5, 0.6) is 11.8 Å². The Morgan fingerprint density at radius 2 is 2.00 bits per heavy atom. The van der Waals surface area contributed by atoms with Gasteiger partial charge in [0.15, 0.2) is 5.75 Å². The molecule has 0 bridgehead atoms. The van der Waals surface area contributed by atoms with E-state index in [9.17, 15) is 4.39 Å². The molecule has 1 spiro atoms. The zero-order valence-electron chi connectivity index (χ0n) is 18.0. The van der Waals surface area contributed by atoms with Crippen molar-refractivity contribution in [3.05, 3.63) is 47.4 Å². The lowest BCUT2D eigenvalue weighted by Crippen LogP contribution is -2.69. The topological polar surface area (TPSA) is 102 Å². The van der Waals surface area contributed by atoms with Crippen molar-refractivity contribution < 1.29 is 9.13 Å². The molecule has 3 aromatic rings. The molecular formula is C23H24FN7O. The lowest BCUT2D eigenvalue weighted by atomic mass is 9.60. The van der Waals surface area contributed by atoms with Crippen LogP contribution in [0.25, 0.3) is 11.1 Å². The summed E-state index contributed by atoms with van der Waals surface area (Å²) in [5, 5.41) is 3.11. The molecule has 2 aromatic heterocycles. The second kappa shape index (κ2) is 6.83. The van der Waals surface area contributed by atoms with Crippen molar-refractivity contribution >= 4 is 11.5 Å². The highest BCUT2D eigenvalue weighted by Gasteiger charge is 2.54. The van der Waals surface area contributed by atoms with Gasteiger partial charge >= 0.3 is 6.01 Å². The van der Waals surface area contributed by atoms with E-state index in [4.69, 9.17) is 15.5 Å². The maximum atomic E-state index is 14.4. The molecule has 0 radical (unpaired) electrons. The Hall–Kier alpha value is -3.33. The third-order valence-corrected chi connectivity index (χ3v) is 7.06. The lowest BCUT2D eigenvalue weighted by molar-refractivity contribution is 0.0558. The van der Waals surface area contributed by atoms with Crippen LogP contribution in [-0.4, -0.2) is 46.1 Å². The van der Waals surface area contributed by atoms with Gasteiger partial charge in [0.05, 0.1) is 18.1 Å². The molecule has 1 aromatic carbocycles. The smallest absolute Gasteiger partial charge is 0.324 e. The standard InChI is InChI=1S/C23H24FN7O/c1-12-27-8-14(9-28-12)32-22-29-18-7-15-16(5-13(24)6-17(15)26-2)20(18)21(30-22)31-10-23(11-31)4-3-19(23)25/h5-6,8-9,19,26H,3-4,7,10-11,25H2,1-2H3/t19-/m0/s1. The molecule has 1 atom stereocenters. The summed E-state index contributed by atoms with van der Waals surface area (Å²) in [5.74, 6) is 1.62. The van der Waals surface area contributed by atoms with Gasteiger partial charge in [0.1, 0.15) is 17.5 Å². The Bertz CT molecular complexity index is 1220. The van der Waals surface area contributed by atoms with Crippen LogP contribution in [0.15, 0.2) is 24.5 Å². The van der Waals surface area contributed by atoms with Gasteiger partial charge in [-0.25, -0.2) is 14.4 Å². The summed E-state index contributed by atoms with van der Waals surface area (Å²) in [6.07, 6.45) is 5.99. The van der Waals surface area contributed by atoms with Crippen LogP contribution in [0.1, 0.15) is 29.9 Å². The van der Waals surface area contributed by atoms with Crippen LogP contribution in [0.3, 0.4) is 0 Å². The number of benzene rings is 1. The molecule has 164 valence electrons. The zero-order chi connectivity index (χ0) is 22.0. The number of ether oxygens (including phenoxy) is 1. The Morgan fingerprint density at radius 3 is 2.66 bits per heavy atom. The molecule has 32 heavy (non-hydrogen) atoms. The number of fused-ring (bicyclic) bond motifs is 3. The monoisotopic (exact) mass is 433 g/mol. The van der Waals surface area contributed by atoms with Crippen LogP contribution in [0.4, 0.5) is 15.9 Å². The van der Waals surface area contributed by atoms with Crippen molar-refractivity contribution in [2.24, 2.45) is 11.1 Å². The summed E-state index contributed by atoms with van der Waals surface area (Å²) in [4.78, 5) is 20.0. The average Bonchev–Trinajstić information content (AvgIpc) is 3.11. The number of aromatic nitrogens is 4. The van der Waals surface area contributed by atoms with Crippen LogP contribution >= 0.6 is 0 Å². The van der Waals surface area contributed by atoms with Gasteiger partial charge in [0.2, 0.25) is 0 Å². The molecule has 0 amide bonds. The molecule has 9 heteroatoms. The summed E-state index contributed by atoms with van der Waals surface area (Å²) >= 11 is 0. The Kier molecular flexibility index (Phi) is 4.13. The molecule has 3 heterocycles. The number of nitrogens with two attached hydrogens (primary N) is 1. The van der Waals surface area contributed by atoms with Crippen molar-refractivity contribution in [3.63, 3.8) is 0 Å². The highest BCUT2D eigenvalue weighted by molar-refractivity contribution is 5.88. The van der Waals surface area contributed by atoms with Gasteiger partial charge in [-0.2, -0.15) is 9.97 Å². The number of rotatable bonds is 4. The fourth-order valence-corrected chi connectivity index (χ4v) is 5.11. The summed E-state index contributed by atoms with van der Waals surface area (Å²) in [5.41, 5.74) is 10.8. The predicted molar refractivity (Wildman–Crippen MR) is 118 cm³/mol. The van der Waals surface area contributed by atoms with Gasteiger partial charge in [0.25, 0.3) is 0 Å². The highest BCUT2D eigenvalue weighted by atomic mass is 19.1. The number of nitrogens with one attached hydrogen (secondary N) is 1. The van der Waals surface area contributed by atoms with E-state index in [1.54, 1.807) is 25.5 Å². The van der Waals surface area contributed by atoms with Crippen molar-refractivity contribution in [3.8, 4) is 22.9 Å². The van der Waals surface area contributed by atoms with Gasteiger partial charge in [-0.05, 0) is 43.0 Å². The van der Waals surface area contributed by atoms with E-state index in [0.29, 0.717) is 18.0 Å². The van der Waals surface area contributed by atoms with Gasteiger partial charge < -0.3 is 20.7 Å². The molecular weight excluding hydrogens is 409 g/mol. The van der Waals surface area contributed by atoms with Gasteiger partial charge in [-0.15, -0.1) is 0 Å². The average molecular weight is 433 g/mol. The molecule has 1 saturated heterocycles. The fourth-order valence-electron chi connectivity index (χ4n) is 5.11. The van der Waals surface area contributed by atoms with Gasteiger partial charge in [-0.1, -0.05) is 0 Å². The first-order chi connectivity index (χ1) is 15.5. The second-order valence-corrected chi connectivity index (χ2v) is 8.99. The van der Waals surface area contributed by atoms with Crippen molar-refractivity contribution in [1.82, 2.24) is 19.9 Å². The first-order valence-corrected chi connectivity index (χ1v) is 10.8. The molecule has 3 N–H and O–H groups in total. The van der Waals surface area contributed by atoms with Crippen molar-refractivity contribution in [1.29, 1.82) is 0 Å². The normalized spacial score (nSPS) is 19.8. The van der Waals surface area contributed by atoms with Crippen LogP contribution in [-0.2, 0) is 6.42 Å². The lowest BCUT2D eigenvalue weighted by Gasteiger charge is -2.60. The minimum atomic E-state index is -0.287. The van der Waals surface area contributed by atoms with E-state index in [1.807, 2.05) is 6.92 Å². The number of aryl methyl sites for hydroxylation is 1. The molecule has 1 aliphatic heterocycles. The second-order valence-electron chi connectivity index (χ2n) is 8.99. The molecule has 0 unspecified atom stereocenters. The molecule has 8 nitrogen and oxygen atoms in total. The van der Waals surface area contributed by atoms with Gasteiger partial charge in [-0.3, -0.25) is 0 Å². The van der Waals surface area contributed by atoms with Crippen LogP contribution in [0, 0.1) is 18.2 Å². The van der Waals surface area contributed by atoms with E-state index in [-0.39, 0.29) is 23.3 Å². The number of nitrogens with zero attached hydrogens (tertiary/aromatic N) is 5. The predicted octanol–water partition coefficient (Wildman–Crippen LogP) is 3.05. The Morgan fingerprint density at radius 1 is 1.22 bits per heavy atom. The Labute approximate surface area is 185 Å². The molecule has 2 fully saturated rings. The van der Waals surface area contributed by atoms with Crippen LogP contribution in [0.2, 0.25) is 0 Å². The molecule has 1 saturated carbocycles. The number of hydrogen-bond acceptors (Lipinski definition) is 8. The summed E-state index contributed by atoms with van der Waals surface area (Å²) in [6.45, 7) is 3.50. The SMILES string of the molecule is CNc1cc(F)cc2c1Cc1nc(Oc3cnc(C)nc3)nc(N3CC4(CC[C@@H]4N)C3)c1-2. The summed E-state index contributed by atoms with van der Waals surface area (Å²) < 4.78 is 20.3. The summed E-state index contributed by atoms with van der Waals surface area (Å²) in [6, 6.07) is 3.57. The first kappa shape index (κ1) is 19.4. The summed E-state index contributed by atoms with van der Waals surface area (Å²) in [7, 11) is 1.80. The van der Waals surface area contributed by atoms with E-state index in [1.165, 1.54) is 6.07 Å². The maximum Gasteiger partial charge on any atom is 0.324 e. The highest BCUT2D eigenvalue weighted by Crippen LogP contribution is 2.52. The third-order valence-electron chi connectivity index (χ3n) is 7.06. The quantitative estimate of drug-likeness (QED) is 0.506. The third kappa shape index (κ3) is 2.84.